The first kappa shape index (κ1) is 14.9. The number of sulfone groups is 2. The molecule has 18 heavy (non-hydrogen) atoms. The molecule has 100 valence electrons. The molecule has 0 saturated carbocycles. The minimum absolute atomic E-state index is 0.141. The second-order valence-corrected chi connectivity index (χ2v) is 8.55. The molecule has 0 aromatic heterocycles. The Morgan fingerprint density at radius 2 is 1.61 bits per heavy atom. The van der Waals surface area contributed by atoms with Crippen LogP contribution in [-0.4, -0.2) is 40.3 Å². The Labute approximate surface area is 108 Å². The summed E-state index contributed by atoms with van der Waals surface area (Å²) in [6.45, 7) is 0. The van der Waals surface area contributed by atoms with Gasteiger partial charge in [0.2, 0.25) is 0 Å². The van der Waals surface area contributed by atoms with Crippen molar-refractivity contribution in [3.8, 4) is 0 Å². The van der Waals surface area contributed by atoms with Gasteiger partial charge < -0.3 is 0 Å². The zero-order valence-electron chi connectivity index (χ0n) is 10.1. The van der Waals surface area contributed by atoms with E-state index in [1.165, 1.54) is 6.08 Å². The molecule has 0 bridgehead atoms. The summed E-state index contributed by atoms with van der Waals surface area (Å²) in [5.41, 5.74) is 0.913. The highest BCUT2D eigenvalue weighted by molar-refractivity contribution is 7.94. The van der Waals surface area contributed by atoms with E-state index >= 15 is 0 Å². The van der Waals surface area contributed by atoms with Gasteiger partial charge in [-0.1, -0.05) is 42.5 Å². The average Bonchev–Trinajstić information content (AvgIpc) is 2.27. The Morgan fingerprint density at radius 3 is 2.17 bits per heavy atom. The first-order chi connectivity index (χ1) is 8.29. The Hall–Kier alpha value is -1.14. The second-order valence-electron chi connectivity index (χ2n) is 4.06. The standard InChI is InChI=1S/C12H16O4S2/c1-17(13,14)10-11-18(15,16)9-5-8-12-6-3-2-4-7-12/h2-8H,9-11H2,1H3/b8-5+. The van der Waals surface area contributed by atoms with Gasteiger partial charge in [-0.05, 0) is 5.56 Å². The molecule has 0 saturated heterocycles. The quantitative estimate of drug-likeness (QED) is 0.787. The summed E-state index contributed by atoms with van der Waals surface area (Å²) in [5, 5.41) is 0. The predicted octanol–water partition coefficient (Wildman–Crippen LogP) is 1.16. The van der Waals surface area contributed by atoms with Crippen molar-refractivity contribution in [1.82, 2.24) is 0 Å². The van der Waals surface area contributed by atoms with E-state index in [0.29, 0.717) is 0 Å². The van der Waals surface area contributed by atoms with Crippen LogP contribution in [0.2, 0.25) is 0 Å². The van der Waals surface area contributed by atoms with Crippen LogP contribution in [0.1, 0.15) is 5.56 Å². The van der Waals surface area contributed by atoms with Gasteiger partial charge in [-0.3, -0.25) is 0 Å². The Balaban J connectivity index is 2.55. The Bertz CT molecular complexity index is 599. The molecule has 0 amide bonds. The molecule has 0 fully saturated rings. The Kier molecular flexibility index (Phi) is 5.10. The van der Waals surface area contributed by atoms with E-state index in [1.54, 1.807) is 6.08 Å². The fourth-order valence-electron chi connectivity index (χ4n) is 1.26. The smallest absolute Gasteiger partial charge is 0.154 e. The van der Waals surface area contributed by atoms with Crippen LogP contribution < -0.4 is 0 Å². The lowest BCUT2D eigenvalue weighted by molar-refractivity contribution is 0.592. The fraction of sp³-hybridized carbons (Fsp3) is 0.333. The van der Waals surface area contributed by atoms with Crippen LogP contribution >= 0.6 is 0 Å². The number of benzene rings is 1. The van der Waals surface area contributed by atoms with E-state index in [9.17, 15) is 16.8 Å². The molecule has 0 aliphatic carbocycles. The van der Waals surface area contributed by atoms with Crippen LogP contribution in [0.25, 0.3) is 6.08 Å². The van der Waals surface area contributed by atoms with Crippen LogP contribution in [0.5, 0.6) is 0 Å². The predicted molar refractivity (Wildman–Crippen MR) is 73.8 cm³/mol. The molecule has 0 aliphatic heterocycles. The summed E-state index contributed by atoms with van der Waals surface area (Å²) in [6, 6.07) is 9.31. The molecule has 1 rings (SSSR count). The zero-order chi connectivity index (χ0) is 13.6. The molecule has 1 aromatic rings. The largest absolute Gasteiger partial charge is 0.229 e. The second kappa shape index (κ2) is 6.15. The lowest BCUT2D eigenvalue weighted by atomic mass is 10.2. The van der Waals surface area contributed by atoms with Crippen LogP contribution in [-0.2, 0) is 19.7 Å². The normalized spacial score (nSPS) is 12.9. The molecule has 0 unspecified atom stereocenters. The van der Waals surface area contributed by atoms with Gasteiger partial charge >= 0.3 is 0 Å². The Morgan fingerprint density at radius 1 is 1.00 bits per heavy atom. The summed E-state index contributed by atoms with van der Waals surface area (Å²) in [5.74, 6) is -0.795. The van der Waals surface area contributed by atoms with Gasteiger partial charge in [0.05, 0.1) is 17.3 Å². The summed E-state index contributed by atoms with van der Waals surface area (Å²) < 4.78 is 44.9. The highest BCUT2D eigenvalue weighted by atomic mass is 32.2. The summed E-state index contributed by atoms with van der Waals surface area (Å²) in [4.78, 5) is 0. The minimum atomic E-state index is -3.35. The molecule has 0 radical (unpaired) electrons. The highest BCUT2D eigenvalue weighted by Crippen LogP contribution is 2.02. The maximum absolute atomic E-state index is 11.6. The summed E-state index contributed by atoms with van der Waals surface area (Å²) >= 11 is 0. The molecular formula is C12H16O4S2. The van der Waals surface area contributed by atoms with E-state index in [-0.39, 0.29) is 17.3 Å². The molecular weight excluding hydrogens is 272 g/mol. The molecule has 0 spiro atoms. The number of rotatable bonds is 6. The maximum Gasteiger partial charge on any atom is 0.154 e. The van der Waals surface area contributed by atoms with E-state index in [4.69, 9.17) is 0 Å². The van der Waals surface area contributed by atoms with Crippen molar-refractivity contribution in [1.29, 1.82) is 0 Å². The van der Waals surface area contributed by atoms with Crippen LogP contribution in [0.15, 0.2) is 36.4 Å². The number of hydrogen-bond acceptors (Lipinski definition) is 4. The fourth-order valence-corrected chi connectivity index (χ4v) is 4.04. The van der Waals surface area contributed by atoms with E-state index in [0.717, 1.165) is 11.8 Å². The van der Waals surface area contributed by atoms with Gasteiger partial charge in [0, 0.05) is 6.26 Å². The van der Waals surface area contributed by atoms with Gasteiger partial charge in [-0.25, -0.2) is 16.8 Å². The van der Waals surface area contributed by atoms with Gasteiger partial charge in [0.25, 0.3) is 0 Å². The molecule has 0 atom stereocenters. The average molecular weight is 288 g/mol. The lowest BCUT2D eigenvalue weighted by Gasteiger charge is -1.99. The molecule has 1 aromatic carbocycles. The third-order valence-electron chi connectivity index (χ3n) is 2.23. The minimum Gasteiger partial charge on any atom is -0.229 e. The third kappa shape index (κ3) is 6.56. The van der Waals surface area contributed by atoms with Crippen molar-refractivity contribution >= 4 is 25.8 Å². The summed E-state index contributed by atoms with van der Waals surface area (Å²) in [7, 11) is -6.59. The van der Waals surface area contributed by atoms with Gasteiger partial charge in [0.1, 0.15) is 9.84 Å². The highest BCUT2D eigenvalue weighted by Gasteiger charge is 2.12. The lowest BCUT2D eigenvalue weighted by Crippen LogP contribution is -2.17. The van der Waals surface area contributed by atoms with Crippen molar-refractivity contribution in [2.75, 3.05) is 23.5 Å². The number of hydrogen-bond donors (Lipinski definition) is 0. The maximum atomic E-state index is 11.6. The molecule has 0 heterocycles. The first-order valence-electron chi connectivity index (χ1n) is 5.38. The van der Waals surface area contributed by atoms with E-state index < -0.39 is 19.7 Å². The van der Waals surface area contributed by atoms with E-state index in [2.05, 4.69) is 0 Å². The molecule has 0 N–H and O–H groups in total. The summed E-state index contributed by atoms with van der Waals surface area (Å²) in [6.07, 6.45) is 4.27. The van der Waals surface area contributed by atoms with Gasteiger partial charge in [0.15, 0.2) is 9.84 Å². The zero-order valence-corrected chi connectivity index (χ0v) is 11.7. The first-order valence-corrected chi connectivity index (χ1v) is 9.26. The molecule has 6 heteroatoms. The van der Waals surface area contributed by atoms with Crippen molar-refractivity contribution in [3.05, 3.63) is 42.0 Å². The van der Waals surface area contributed by atoms with Crippen molar-refractivity contribution in [2.24, 2.45) is 0 Å². The van der Waals surface area contributed by atoms with Crippen LogP contribution in [0, 0.1) is 0 Å². The van der Waals surface area contributed by atoms with Crippen molar-refractivity contribution in [2.45, 2.75) is 0 Å². The van der Waals surface area contributed by atoms with E-state index in [1.807, 2.05) is 30.3 Å². The van der Waals surface area contributed by atoms with Crippen LogP contribution in [0.4, 0.5) is 0 Å². The molecule has 0 aliphatic rings. The van der Waals surface area contributed by atoms with Crippen molar-refractivity contribution in [3.63, 3.8) is 0 Å². The van der Waals surface area contributed by atoms with Gasteiger partial charge in [-0.2, -0.15) is 0 Å². The third-order valence-corrected chi connectivity index (χ3v) is 4.96. The topological polar surface area (TPSA) is 68.3 Å². The van der Waals surface area contributed by atoms with Crippen LogP contribution in [0.3, 0.4) is 0 Å². The molecule has 4 nitrogen and oxygen atoms in total. The van der Waals surface area contributed by atoms with Gasteiger partial charge in [-0.15, -0.1) is 0 Å². The monoisotopic (exact) mass is 288 g/mol. The SMILES string of the molecule is CS(=O)(=O)CCS(=O)(=O)C/C=C/c1ccccc1. The van der Waals surface area contributed by atoms with Crippen molar-refractivity contribution < 1.29 is 16.8 Å².